The van der Waals surface area contributed by atoms with Crippen molar-refractivity contribution in [2.45, 2.75) is 32.6 Å². The molecule has 0 aromatic heterocycles. The Morgan fingerprint density at radius 3 is 2.42 bits per heavy atom. The van der Waals surface area contributed by atoms with Crippen LogP contribution >= 0.6 is 0 Å². The van der Waals surface area contributed by atoms with Crippen molar-refractivity contribution >= 4 is 5.97 Å². The maximum atomic E-state index is 10.7. The fourth-order valence-corrected chi connectivity index (χ4v) is 2.52. The van der Waals surface area contributed by atoms with Crippen LogP contribution in [0, 0.1) is 0 Å². The molecule has 0 heterocycles. The first kappa shape index (κ1) is 17.8. The van der Waals surface area contributed by atoms with Crippen LogP contribution < -0.4 is 4.74 Å². The van der Waals surface area contributed by atoms with Crippen LogP contribution in [0.2, 0.25) is 0 Å². The molecule has 1 unspecified atom stereocenters. The number of rotatable bonds is 8. The van der Waals surface area contributed by atoms with Crippen LogP contribution in [0.5, 0.6) is 5.75 Å². The van der Waals surface area contributed by atoms with Crippen LogP contribution in [0.4, 0.5) is 0 Å². The molecule has 0 aliphatic heterocycles. The van der Waals surface area contributed by atoms with E-state index in [1.54, 1.807) is 13.0 Å². The van der Waals surface area contributed by atoms with Gasteiger partial charge in [0, 0.05) is 12.0 Å². The highest BCUT2D eigenvalue weighted by Gasteiger charge is 2.07. The van der Waals surface area contributed by atoms with Crippen LogP contribution in [0.15, 0.2) is 66.2 Å². The van der Waals surface area contributed by atoms with Crippen molar-refractivity contribution in [3.63, 3.8) is 0 Å². The highest BCUT2D eigenvalue weighted by atomic mass is 16.5. The zero-order chi connectivity index (χ0) is 17.4. The summed E-state index contributed by atoms with van der Waals surface area (Å²) in [6, 6.07) is 18.6. The lowest BCUT2D eigenvalue weighted by atomic mass is 9.94. The van der Waals surface area contributed by atoms with E-state index in [0.29, 0.717) is 24.5 Å². The fraction of sp³-hybridized carbons (Fsp3) is 0.286. The van der Waals surface area contributed by atoms with E-state index in [2.05, 4.69) is 43.3 Å². The van der Waals surface area contributed by atoms with Crippen molar-refractivity contribution in [2.24, 2.45) is 0 Å². The third-order valence-electron chi connectivity index (χ3n) is 4.01. The van der Waals surface area contributed by atoms with Gasteiger partial charge in [-0.2, -0.15) is 0 Å². The first-order chi connectivity index (χ1) is 11.6. The summed E-state index contributed by atoms with van der Waals surface area (Å²) in [7, 11) is 0. The van der Waals surface area contributed by atoms with Crippen molar-refractivity contribution in [1.29, 1.82) is 0 Å². The normalized spacial score (nSPS) is 12.7. The maximum Gasteiger partial charge on any atom is 0.330 e. The van der Waals surface area contributed by atoms with Crippen molar-refractivity contribution in [3.8, 4) is 5.75 Å². The molecule has 2 aromatic carbocycles. The molecule has 126 valence electrons. The van der Waals surface area contributed by atoms with Gasteiger partial charge < -0.3 is 9.84 Å². The first-order valence-corrected chi connectivity index (χ1v) is 8.23. The fourth-order valence-electron chi connectivity index (χ4n) is 2.52. The minimum Gasteiger partial charge on any atom is -0.493 e. The Hall–Kier alpha value is -2.55. The van der Waals surface area contributed by atoms with E-state index < -0.39 is 5.97 Å². The molecule has 3 nitrogen and oxygen atoms in total. The van der Waals surface area contributed by atoms with Gasteiger partial charge in [-0.3, -0.25) is 0 Å². The number of carboxylic acids is 1. The molecule has 0 radical (unpaired) electrons. The van der Waals surface area contributed by atoms with Crippen LogP contribution in [-0.4, -0.2) is 17.7 Å². The monoisotopic (exact) mass is 324 g/mol. The average molecular weight is 324 g/mol. The average Bonchev–Trinajstić information content (AvgIpc) is 2.59. The molecule has 0 saturated heterocycles. The van der Waals surface area contributed by atoms with E-state index in [1.807, 2.05) is 18.2 Å². The Balaban J connectivity index is 1.84. The summed E-state index contributed by atoms with van der Waals surface area (Å²) in [6.45, 7) is 4.29. The molecule has 0 spiro atoms. The molecular formula is C21H24O3. The molecule has 0 fully saturated rings. The van der Waals surface area contributed by atoms with Gasteiger partial charge in [0.25, 0.3) is 0 Å². The van der Waals surface area contributed by atoms with Crippen LogP contribution in [0.1, 0.15) is 37.3 Å². The predicted molar refractivity (Wildman–Crippen MR) is 96.5 cm³/mol. The second kappa shape index (κ2) is 8.92. The van der Waals surface area contributed by atoms with Gasteiger partial charge in [0.1, 0.15) is 5.75 Å². The third-order valence-corrected chi connectivity index (χ3v) is 4.01. The maximum absolute atomic E-state index is 10.7. The van der Waals surface area contributed by atoms with Crippen LogP contribution in [-0.2, 0) is 11.2 Å². The number of benzene rings is 2. The lowest BCUT2D eigenvalue weighted by molar-refractivity contribution is -0.132. The van der Waals surface area contributed by atoms with Crippen molar-refractivity contribution < 1.29 is 14.6 Å². The van der Waals surface area contributed by atoms with Gasteiger partial charge in [0.15, 0.2) is 0 Å². The summed E-state index contributed by atoms with van der Waals surface area (Å²) >= 11 is 0. The Kier molecular flexibility index (Phi) is 6.62. The molecule has 2 aromatic rings. The molecule has 0 aliphatic carbocycles. The summed E-state index contributed by atoms with van der Waals surface area (Å²) in [5.41, 5.74) is 2.97. The number of ether oxygens (including phenoxy) is 1. The standard InChI is InChI=1S/C21H24O3/c1-16(21(22)23)7-6-14-24-20-12-10-19(11-13-20)17(2)15-18-8-4-3-5-9-18/h3-5,7-13,17H,6,14-15H2,1-2H3,(H,22,23). The Morgan fingerprint density at radius 2 is 1.79 bits per heavy atom. The number of hydrogen-bond acceptors (Lipinski definition) is 2. The quantitative estimate of drug-likeness (QED) is 0.558. The second-order valence-corrected chi connectivity index (χ2v) is 5.99. The molecule has 0 saturated carbocycles. The van der Waals surface area contributed by atoms with Gasteiger partial charge in [0.2, 0.25) is 0 Å². The summed E-state index contributed by atoms with van der Waals surface area (Å²) in [6.07, 6.45) is 3.28. The number of aliphatic carboxylic acids is 1. The van der Waals surface area contributed by atoms with Crippen molar-refractivity contribution in [1.82, 2.24) is 0 Å². The molecule has 3 heteroatoms. The highest BCUT2D eigenvalue weighted by molar-refractivity contribution is 5.85. The Bertz CT molecular complexity index is 672. The number of carboxylic acid groups (broad SMARTS) is 1. The summed E-state index contributed by atoms with van der Waals surface area (Å²) < 4.78 is 5.65. The van der Waals surface area contributed by atoms with Gasteiger partial charge in [-0.15, -0.1) is 0 Å². The predicted octanol–water partition coefficient (Wildman–Crippen LogP) is 4.83. The van der Waals surface area contributed by atoms with E-state index in [0.717, 1.165) is 12.2 Å². The topological polar surface area (TPSA) is 46.5 Å². The van der Waals surface area contributed by atoms with Crippen molar-refractivity contribution in [2.75, 3.05) is 6.61 Å². The first-order valence-electron chi connectivity index (χ1n) is 8.23. The molecule has 1 atom stereocenters. The largest absolute Gasteiger partial charge is 0.493 e. The highest BCUT2D eigenvalue weighted by Crippen LogP contribution is 2.23. The minimum atomic E-state index is -0.883. The zero-order valence-electron chi connectivity index (χ0n) is 14.2. The molecule has 2 rings (SSSR count). The van der Waals surface area contributed by atoms with Gasteiger partial charge in [-0.25, -0.2) is 4.79 Å². The van der Waals surface area contributed by atoms with Gasteiger partial charge in [0.05, 0.1) is 6.61 Å². The number of hydrogen-bond donors (Lipinski definition) is 1. The Labute approximate surface area is 143 Å². The SMILES string of the molecule is CC(=CCCOc1ccc(C(C)Cc2ccccc2)cc1)C(=O)O. The van der Waals surface area contributed by atoms with Gasteiger partial charge in [-0.05, 0) is 42.5 Å². The zero-order valence-corrected chi connectivity index (χ0v) is 14.2. The molecule has 0 bridgehead atoms. The van der Waals surface area contributed by atoms with Crippen LogP contribution in [0.25, 0.3) is 0 Å². The lowest BCUT2D eigenvalue weighted by Crippen LogP contribution is -2.01. The van der Waals surface area contributed by atoms with E-state index in [1.165, 1.54) is 11.1 Å². The summed E-state index contributed by atoms with van der Waals surface area (Å²) in [5.74, 6) is 0.376. The Morgan fingerprint density at radius 1 is 1.12 bits per heavy atom. The summed E-state index contributed by atoms with van der Waals surface area (Å²) in [4.78, 5) is 10.7. The van der Waals surface area contributed by atoms with Gasteiger partial charge in [-0.1, -0.05) is 55.5 Å². The minimum absolute atomic E-state index is 0.351. The van der Waals surface area contributed by atoms with E-state index in [4.69, 9.17) is 9.84 Å². The third kappa shape index (κ3) is 5.58. The van der Waals surface area contributed by atoms with Crippen LogP contribution in [0.3, 0.4) is 0 Å². The lowest BCUT2D eigenvalue weighted by Gasteiger charge is -2.13. The number of carbonyl (C=O) groups is 1. The molecule has 0 aliphatic rings. The van der Waals surface area contributed by atoms with E-state index in [-0.39, 0.29) is 0 Å². The molecule has 0 amide bonds. The second-order valence-electron chi connectivity index (χ2n) is 5.99. The molecule has 24 heavy (non-hydrogen) atoms. The van der Waals surface area contributed by atoms with E-state index in [9.17, 15) is 4.79 Å². The van der Waals surface area contributed by atoms with Gasteiger partial charge >= 0.3 is 5.97 Å². The summed E-state index contributed by atoms with van der Waals surface area (Å²) in [5, 5.41) is 8.78. The smallest absolute Gasteiger partial charge is 0.330 e. The van der Waals surface area contributed by atoms with E-state index >= 15 is 0 Å². The molecular weight excluding hydrogens is 300 g/mol. The van der Waals surface area contributed by atoms with Crippen molar-refractivity contribution in [3.05, 3.63) is 77.4 Å². The molecule has 1 N–H and O–H groups in total.